The van der Waals surface area contributed by atoms with Gasteiger partial charge in [-0.2, -0.15) is 13.2 Å². The van der Waals surface area contributed by atoms with E-state index in [0.717, 1.165) is 25.6 Å². The standard InChI is InChI=1S/C17H32F3N5.HI/c1-4-23-7-5-6-15(13-23)12-22-16(21-3)25-10-8-24(9-11-25)14(2)17(18,19)20;/h14-15H,4-13H2,1-3H3,(H,21,22);1H. The van der Waals surface area contributed by atoms with E-state index in [0.29, 0.717) is 32.1 Å². The Bertz CT molecular complexity index is 439. The fourth-order valence-corrected chi connectivity index (χ4v) is 3.70. The molecule has 2 unspecified atom stereocenters. The zero-order valence-electron chi connectivity index (χ0n) is 16.1. The van der Waals surface area contributed by atoms with Gasteiger partial charge in [0, 0.05) is 46.3 Å². The van der Waals surface area contributed by atoms with E-state index in [-0.39, 0.29) is 24.0 Å². The smallest absolute Gasteiger partial charge is 0.356 e. The third kappa shape index (κ3) is 6.70. The van der Waals surface area contributed by atoms with Crippen molar-refractivity contribution < 1.29 is 13.2 Å². The minimum atomic E-state index is -4.16. The molecule has 0 radical (unpaired) electrons. The van der Waals surface area contributed by atoms with Crippen molar-refractivity contribution >= 4 is 29.9 Å². The molecule has 2 rings (SSSR count). The zero-order chi connectivity index (χ0) is 18.4. The summed E-state index contributed by atoms with van der Waals surface area (Å²) in [6.07, 6.45) is -1.71. The molecule has 154 valence electrons. The number of hydrogen-bond donors (Lipinski definition) is 1. The van der Waals surface area contributed by atoms with Gasteiger partial charge in [0.25, 0.3) is 0 Å². The average molecular weight is 491 g/mol. The first kappa shape index (κ1) is 23.7. The lowest BCUT2D eigenvalue weighted by Gasteiger charge is -2.40. The average Bonchev–Trinajstić information content (AvgIpc) is 2.61. The van der Waals surface area contributed by atoms with Gasteiger partial charge in [-0.05, 0) is 38.8 Å². The molecule has 2 aliphatic rings. The molecule has 0 saturated carbocycles. The van der Waals surface area contributed by atoms with Crippen LogP contribution < -0.4 is 5.32 Å². The van der Waals surface area contributed by atoms with Crippen molar-refractivity contribution in [2.24, 2.45) is 10.9 Å². The summed E-state index contributed by atoms with van der Waals surface area (Å²) in [5.74, 6) is 1.42. The van der Waals surface area contributed by atoms with E-state index in [1.165, 1.54) is 31.2 Å². The number of nitrogens with one attached hydrogen (secondary N) is 1. The van der Waals surface area contributed by atoms with Gasteiger partial charge in [0.15, 0.2) is 5.96 Å². The molecule has 26 heavy (non-hydrogen) atoms. The number of halogens is 4. The fraction of sp³-hybridized carbons (Fsp3) is 0.941. The van der Waals surface area contributed by atoms with Crippen LogP contribution in [0.15, 0.2) is 4.99 Å². The van der Waals surface area contributed by atoms with Crippen LogP contribution in [0.5, 0.6) is 0 Å². The Balaban J connectivity index is 0.00000338. The van der Waals surface area contributed by atoms with E-state index >= 15 is 0 Å². The zero-order valence-corrected chi connectivity index (χ0v) is 18.4. The first-order chi connectivity index (χ1) is 11.8. The van der Waals surface area contributed by atoms with Gasteiger partial charge < -0.3 is 15.1 Å². The minimum Gasteiger partial charge on any atom is -0.356 e. The molecule has 0 spiro atoms. The van der Waals surface area contributed by atoms with E-state index < -0.39 is 12.2 Å². The van der Waals surface area contributed by atoms with Crippen LogP contribution in [0.3, 0.4) is 0 Å². The Labute approximate surface area is 172 Å². The maximum atomic E-state index is 12.8. The van der Waals surface area contributed by atoms with Crippen LogP contribution in [0.2, 0.25) is 0 Å². The van der Waals surface area contributed by atoms with Gasteiger partial charge in [-0.3, -0.25) is 9.89 Å². The summed E-state index contributed by atoms with van der Waals surface area (Å²) in [6.45, 7) is 9.66. The Morgan fingerprint density at radius 2 is 1.85 bits per heavy atom. The first-order valence-electron chi connectivity index (χ1n) is 9.33. The maximum Gasteiger partial charge on any atom is 0.403 e. The normalized spacial score (nSPS) is 24.9. The third-order valence-corrected chi connectivity index (χ3v) is 5.45. The molecule has 9 heteroatoms. The minimum absolute atomic E-state index is 0. The van der Waals surface area contributed by atoms with Crippen LogP contribution in [0, 0.1) is 5.92 Å². The van der Waals surface area contributed by atoms with Gasteiger partial charge in [-0.1, -0.05) is 6.92 Å². The number of hydrogen-bond acceptors (Lipinski definition) is 3. The molecule has 2 atom stereocenters. The van der Waals surface area contributed by atoms with Crippen molar-refractivity contribution in [2.75, 3.05) is 59.4 Å². The van der Waals surface area contributed by atoms with E-state index in [4.69, 9.17) is 0 Å². The lowest BCUT2D eigenvalue weighted by Crippen LogP contribution is -2.57. The maximum absolute atomic E-state index is 12.8. The second kappa shape index (κ2) is 10.9. The molecule has 2 heterocycles. The molecule has 0 aromatic carbocycles. The third-order valence-electron chi connectivity index (χ3n) is 5.45. The van der Waals surface area contributed by atoms with Crippen LogP contribution in [-0.2, 0) is 0 Å². The molecular formula is C17H33F3IN5. The van der Waals surface area contributed by atoms with Crippen LogP contribution in [-0.4, -0.2) is 92.3 Å². The number of likely N-dealkylation sites (tertiary alicyclic amines) is 1. The molecule has 0 aromatic rings. The molecule has 0 bridgehead atoms. The van der Waals surface area contributed by atoms with Crippen LogP contribution in [0.1, 0.15) is 26.7 Å². The van der Waals surface area contributed by atoms with Crippen molar-refractivity contribution in [3.63, 3.8) is 0 Å². The van der Waals surface area contributed by atoms with E-state index in [1.807, 2.05) is 0 Å². The number of rotatable bonds is 4. The van der Waals surface area contributed by atoms with Gasteiger partial charge in [-0.15, -0.1) is 24.0 Å². The lowest BCUT2D eigenvalue weighted by molar-refractivity contribution is -0.181. The predicted octanol–water partition coefficient (Wildman–Crippen LogP) is 2.48. The van der Waals surface area contributed by atoms with Crippen molar-refractivity contribution in [3.05, 3.63) is 0 Å². The Hall–Kier alpha value is -0.290. The van der Waals surface area contributed by atoms with Crippen LogP contribution >= 0.6 is 24.0 Å². The summed E-state index contributed by atoms with van der Waals surface area (Å²) in [4.78, 5) is 10.4. The topological polar surface area (TPSA) is 34.1 Å². The van der Waals surface area contributed by atoms with Gasteiger partial charge in [-0.25, -0.2) is 0 Å². The summed E-state index contributed by atoms with van der Waals surface area (Å²) in [6, 6.07) is -1.38. The van der Waals surface area contributed by atoms with Crippen molar-refractivity contribution in [3.8, 4) is 0 Å². The Morgan fingerprint density at radius 3 is 2.38 bits per heavy atom. The number of piperazine rings is 1. The fourth-order valence-electron chi connectivity index (χ4n) is 3.70. The highest BCUT2D eigenvalue weighted by Crippen LogP contribution is 2.25. The summed E-state index contributed by atoms with van der Waals surface area (Å²) in [5, 5.41) is 3.44. The number of piperidine rings is 1. The largest absolute Gasteiger partial charge is 0.403 e. The second-order valence-electron chi connectivity index (χ2n) is 7.07. The summed E-state index contributed by atoms with van der Waals surface area (Å²) < 4.78 is 38.5. The van der Waals surface area contributed by atoms with Crippen molar-refractivity contribution in [1.29, 1.82) is 0 Å². The van der Waals surface area contributed by atoms with Gasteiger partial charge in [0.1, 0.15) is 6.04 Å². The second-order valence-corrected chi connectivity index (χ2v) is 7.07. The molecule has 2 fully saturated rings. The van der Waals surface area contributed by atoms with Crippen molar-refractivity contribution in [2.45, 2.75) is 38.9 Å². The van der Waals surface area contributed by atoms with Crippen molar-refractivity contribution in [1.82, 2.24) is 20.0 Å². The summed E-state index contributed by atoms with van der Waals surface area (Å²) in [7, 11) is 1.74. The summed E-state index contributed by atoms with van der Waals surface area (Å²) >= 11 is 0. The number of nitrogens with zero attached hydrogens (tertiary/aromatic N) is 4. The van der Waals surface area contributed by atoms with Gasteiger partial charge in [0.2, 0.25) is 0 Å². The molecule has 0 amide bonds. The highest BCUT2D eigenvalue weighted by molar-refractivity contribution is 14.0. The van der Waals surface area contributed by atoms with E-state index in [1.54, 1.807) is 7.05 Å². The highest BCUT2D eigenvalue weighted by atomic mass is 127. The number of guanidine groups is 1. The molecule has 0 aliphatic carbocycles. The van der Waals surface area contributed by atoms with Crippen LogP contribution in [0.25, 0.3) is 0 Å². The molecule has 0 aromatic heterocycles. The monoisotopic (exact) mass is 491 g/mol. The first-order valence-corrected chi connectivity index (χ1v) is 9.33. The molecule has 2 aliphatic heterocycles. The lowest BCUT2D eigenvalue weighted by atomic mass is 9.98. The van der Waals surface area contributed by atoms with Crippen LogP contribution in [0.4, 0.5) is 13.2 Å². The van der Waals surface area contributed by atoms with Gasteiger partial charge in [0.05, 0.1) is 0 Å². The van der Waals surface area contributed by atoms with E-state index in [9.17, 15) is 13.2 Å². The number of aliphatic imine (C=N–C) groups is 1. The Kier molecular flexibility index (Phi) is 9.95. The number of alkyl halides is 3. The SMILES string of the molecule is CCN1CCCC(CNC(=NC)N2CCN(C(C)C(F)(F)F)CC2)C1.I. The highest BCUT2D eigenvalue weighted by Gasteiger charge is 2.41. The molecule has 1 N–H and O–H groups in total. The Morgan fingerprint density at radius 1 is 1.19 bits per heavy atom. The van der Waals surface area contributed by atoms with Gasteiger partial charge >= 0.3 is 6.18 Å². The summed E-state index contributed by atoms with van der Waals surface area (Å²) in [5.41, 5.74) is 0. The molecule has 2 saturated heterocycles. The quantitative estimate of drug-likeness (QED) is 0.373. The molecule has 5 nitrogen and oxygen atoms in total. The van der Waals surface area contributed by atoms with E-state index in [2.05, 4.69) is 27.0 Å². The molecular weight excluding hydrogens is 458 g/mol. The predicted molar refractivity (Wildman–Crippen MR) is 110 cm³/mol.